The number of nitrogens with zero attached hydrogens (tertiary/aromatic N) is 1. The summed E-state index contributed by atoms with van der Waals surface area (Å²) in [6.07, 6.45) is 0. The molecule has 0 fully saturated rings. The molecule has 0 aliphatic rings. The van der Waals surface area contributed by atoms with E-state index in [4.69, 9.17) is 16.9 Å². The Kier molecular flexibility index (Phi) is 3.49. The van der Waals surface area contributed by atoms with Crippen LogP contribution in [0.1, 0.15) is 11.5 Å². The predicted molar refractivity (Wildman–Crippen MR) is 51.8 cm³/mol. The SMILES string of the molecule is COC(=O)[C@H](C#N)c1ccc(Cl)cc1. The van der Waals surface area contributed by atoms with Crippen LogP contribution in [-0.2, 0) is 9.53 Å². The second-order valence-electron chi connectivity index (χ2n) is 2.64. The Hall–Kier alpha value is -1.53. The molecule has 72 valence electrons. The minimum atomic E-state index is -0.878. The molecule has 0 bridgehead atoms. The zero-order chi connectivity index (χ0) is 10.6. The van der Waals surface area contributed by atoms with Gasteiger partial charge in [-0.3, -0.25) is 4.79 Å². The van der Waals surface area contributed by atoms with Gasteiger partial charge in [-0.2, -0.15) is 5.26 Å². The Labute approximate surface area is 86.9 Å². The summed E-state index contributed by atoms with van der Waals surface area (Å²) in [4.78, 5) is 11.2. The molecule has 0 spiro atoms. The smallest absolute Gasteiger partial charge is 0.327 e. The fourth-order valence-electron chi connectivity index (χ4n) is 1.04. The van der Waals surface area contributed by atoms with Crippen LogP contribution >= 0.6 is 11.6 Å². The van der Waals surface area contributed by atoms with Crippen LogP contribution < -0.4 is 0 Å². The Morgan fingerprint density at radius 1 is 1.50 bits per heavy atom. The summed E-state index contributed by atoms with van der Waals surface area (Å²) < 4.78 is 4.49. The van der Waals surface area contributed by atoms with Crippen molar-refractivity contribution in [2.24, 2.45) is 0 Å². The van der Waals surface area contributed by atoms with Crippen molar-refractivity contribution in [3.05, 3.63) is 34.9 Å². The molecule has 1 rings (SSSR count). The van der Waals surface area contributed by atoms with Crippen molar-refractivity contribution in [1.29, 1.82) is 5.26 Å². The van der Waals surface area contributed by atoms with Crippen LogP contribution in [0.25, 0.3) is 0 Å². The molecule has 1 atom stereocenters. The molecule has 14 heavy (non-hydrogen) atoms. The quantitative estimate of drug-likeness (QED) is 0.701. The van der Waals surface area contributed by atoms with Crippen LogP contribution in [0.2, 0.25) is 5.02 Å². The van der Waals surface area contributed by atoms with Gasteiger partial charge in [0.1, 0.15) is 0 Å². The van der Waals surface area contributed by atoms with Crippen LogP contribution in [-0.4, -0.2) is 13.1 Å². The minimum Gasteiger partial charge on any atom is -0.468 e. The summed E-state index contributed by atoms with van der Waals surface area (Å²) in [6.45, 7) is 0. The number of ether oxygens (including phenoxy) is 1. The summed E-state index contributed by atoms with van der Waals surface area (Å²) in [6, 6.07) is 8.39. The fourth-order valence-corrected chi connectivity index (χ4v) is 1.16. The van der Waals surface area contributed by atoms with Gasteiger partial charge in [0.15, 0.2) is 5.92 Å². The van der Waals surface area contributed by atoms with Gasteiger partial charge in [0.05, 0.1) is 13.2 Å². The third-order valence-electron chi connectivity index (χ3n) is 1.77. The zero-order valence-electron chi connectivity index (χ0n) is 7.53. The van der Waals surface area contributed by atoms with Gasteiger partial charge < -0.3 is 4.74 Å². The highest BCUT2D eigenvalue weighted by atomic mass is 35.5. The largest absolute Gasteiger partial charge is 0.468 e. The molecule has 3 nitrogen and oxygen atoms in total. The van der Waals surface area contributed by atoms with Crippen LogP contribution in [0, 0.1) is 11.3 Å². The van der Waals surface area contributed by atoms with Crippen molar-refractivity contribution in [3.63, 3.8) is 0 Å². The lowest BCUT2D eigenvalue weighted by Gasteiger charge is -2.06. The first-order valence-electron chi connectivity index (χ1n) is 3.92. The van der Waals surface area contributed by atoms with Gasteiger partial charge in [-0.05, 0) is 17.7 Å². The Morgan fingerprint density at radius 3 is 2.50 bits per heavy atom. The van der Waals surface area contributed by atoms with Crippen LogP contribution in [0.4, 0.5) is 0 Å². The molecule has 0 saturated heterocycles. The lowest BCUT2D eigenvalue weighted by Crippen LogP contribution is -2.12. The summed E-state index contributed by atoms with van der Waals surface area (Å²) >= 11 is 5.67. The van der Waals surface area contributed by atoms with Crippen molar-refractivity contribution in [1.82, 2.24) is 0 Å². The highest BCUT2D eigenvalue weighted by Crippen LogP contribution is 2.18. The van der Waals surface area contributed by atoms with Gasteiger partial charge >= 0.3 is 5.97 Å². The standard InChI is InChI=1S/C10H8ClNO2/c1-14-10(13)9(6-12)7-2-4-8(11)5-3-7/h2-5,9H,1H3/t9-/m1/s1. The first-order valence-corrected chi connectivity index (χ1v) is 4.29. The number of hydrogen-bond acceptors (Lipinski definition) is 3. The molecular weight excluding hydrogens is 202 g/mol. The summed E-state index contributed by atoms with van der Waals surface area (Å²) in [5.41, 5.74) is 0.587. The van der Waals surface area contributed by atoms with E-state index >= 15 is 0 Å². The van der Waals surface area contributed by atoms with Crippen molar-refractivity contribution in [3.8, 4) is 6.07 Å². The van der Waals surface area contributed by atoms with E-state index in [0.29, 0.717) is 10.6 Å². The van der Waals surface area contributed by atoms with E-state index < -0.39 is 11.9 Å². The van der Waals surface area contributed by atoms with Crippen molar-refractivity contribution in [2.75, 3.05) is 7.11 Å². The highest BCUT2D eigenvalue weighted by molar-refractivity contribution is 6.30. The Balaban J connectivity index is 2.97. The molecule has 0 heterocycles. The van der Waals surface area contributed by atoms with Crippen molar-refractivity contribution < 1.29 is 9.53 Å². The Morgan fingerprint density at radius 2 is 2.07 bits per heavy atom. The maximum atomic E-state index is 11.2. The molecule has 1 aromatic carbocycles. The van der Waals surface area contributed by atoms with Gasteiger partial charge in [-0.25, -0.2) is 0 Å². The number of carbonyl (C=O) groups is 1. The lowest BCUT2D eigenvalue weighted by molar-refractivity contribution is -0.140. The lowest BCUT2D eigenvalue weighted by atomic mass is 10.0. The van der Waals surface area contributed by atoms with E-state index in [9.17, 15) is 4.79 Å². The Bertz CT molecular complexity index is 367. The number of halogens is 1. The summed E-state index contributed by atoms with van der Waals surface area (Å²) in [7, 11) is 1.25. The predicted octanol–water partition coefficient (Wildman–Crippen LogP) is 2.12. The molecule has 0 saturated carbocycles. The van der Waals surface area contributed by atoms with Crippen molar-refractivity contribution >= 4 is 17.6 Å². The van der Waals surface area contributed by atoms with E-state index in [1.165, 1.54) is 7.11 Å². The molecular formula is C10H8ClNO2. The number of benzene rings is 1. The summed E-state index contributed by atoms with van der Waals surface area (Å²) in [5.74, 6) is -1.44. The first kappa shape index (κ1) is 10.6. The minimum absolute atomic E-state index is 0.560. The van der Waals surface area contributed by atoms with Gasteiger partial charge in [0, 0.05) is 5.02 Å². The average molecular weight is 210 g/mol. The average Bonchev–Trinajstić information content (AvgIpc) is 2.21. The third-order valence-corrected chi connectivity index (χ3v) is 2.02. The van der Waals surface area contributed by atoms with Gasteiger partial charge in [-0.1, -0.05) is 23.7 Å². The third kappa shape index (κ3) is 2.24. The van der Waals surface area contributed by atoms with E-state index in [0.717, 1.165) is 0 Å². The number of rotatable bonds is 2. The van der Waals surface area contributed by atoms with E-state index in [2.05, 4.69) is 4.74 Å². The van der Waals surface area contributed by atoms with E-state index in [1.54, 1.807) is 24.3 Å². The number of esters is 1. The second kappa shape index (κ2) is 4.64. The highest BCUT2D eigenvalue weighted by Gasteiger charge is 2.20. The van der Waals surface area contributed by atoms with Gasteiger partial charge in [-0.15, -0.1) is 0 Å². The van der Waals surface area contributed by atoms with Crippen molar-refractivity contribution in [2.45, 2.75) is 5.92 Å². The molecule has 0 aromatic heterocycles. The second-order valence-corrected chi connectivity index (χ2v) is 3.07. The zero-order valence-corrected chi connectivity index (χ0v) is 8.28. The van der Waals surface area contributed by atoms with Crippen LogP contribution in [0.15, 0.2) is 24.3 Å². The molecule has 1 aromatic rings. The van der Waals surface area contributed by atoms with Crippen LogP contribution in [0.5, 0.6) is 0 Å². The van der Waals surface area contributed by atoms with Crippen LogP contribution in [0.3, 0.4) is 0 Å². The van der Waals surface area contributed by atoms with Gasteiger partial charge in [0.2, 0.25) is 0 Å². The molecule has 0 unspecified atom stereocenters. The fraction of sp³-hybridized carbons (Fsp3) is 0.200. The van der Waals surface area contributed by atoms with E-state index in [1.807, 2.05) is 6.07 Å². The molecule has 0 aliphatic carbocycles. The molecule has 0 N–H and O–H groups in total. The molecule has 0 aliphatic heterocycles. The number of hydrogen-bond donors (Lipinski definition) is 0. The maximum Gasteiger partial charge on any atom is 0.327 e. The van der Waals surface area contributed by atoms with Gasteiger partial charge in [0.25, 0.3) is 0 Å². The number of nitriles is 1. The monoisotopic (exact) mass is 209 g/mol. The normalized spacial score (nSPS) is 11.5. The molecule has 0 radical (unpaired) electrons. The molecule has 4 heteroatoms. The summed E-state index contributed by atoms with van der Waals surface area (Å²) in [5, 5.41) is 9.33. The maximum absolute atomic E-state index is 11.2. The number of carbonyl (C=O) groups excluding carboxylic acids is 1. The topological polar surface area (TPSA) is 50.1 Å². The number of methoxy groups -OCH3 is 1. The molecule has 0 amide bonds. The van der Waals surface area contributed by atoms with E-state index in [-0.39, 0.29) is 0 Å². The first-order chi connectivity index (χ1) is 6.69.